The van der Waals surface area contributed by atoms with Crippen LogP contribution in [0.4, 0.5) is 11.6 Å². The number of nitrogens with one attached hydrogen (secondary N) is 1. The summed E-state index contributed by atoms with van der Waals surface area (Å²) in [4.78, 5) is 8.95. The van der Waals surface area contributed by atoms with Gasteiger partial charge in [0.1, 0.15) is 17.5 Å². The van der Waals surface area contributed by atoms with Gasteiger partial charge in [0.2, 0.25) is 0 Å². The van der Waals surface area contributed by atoms with Crippen molar-refractivity contribution in [3.63, 3.8) is 0 Å². The molecule has 1 saturated carbocycles. The minimum Gasteiger partial charge on any atom is -0.396 e. The Morgan fingerprint density at radius 2 is 1.95 bits per heavy atom. The van der Waals surface area contributed by atoms with Crippen molar-refractivity contribution < 1.29 is 5.11 Å². The zero-order chi connectivity index (χ0) is 13.7. The SMILES string of the molecule is Cc1c(N)nc(C2CC2)nc1NCCCCCCO. The topological polar surface area (TPSA) is 84.1 Å². The fraction of sp³-hybridized carbons (Fsp3) is 0.714. The van der Waals surface area contributed by atoms with E-state index in [0.29, 0.717) is 18.3 Å². The van der Waals surface area contributed by atoms with E-state index in [1.165, 1.54) is 12.8 Å². The predicted molar refractivity (Wildman–Crippen MR) is 77.2 cm³/mol. The van der Waals surface area contributed by atoms with Crippen molar-refractivity contribution >= 4 is 11.6 Å². The molecular formula is C14H24N4O. The molecule has 0 spiro atoms. The molecule has 2 rings (SSSR count). The van der Waals surface area contributed by atoms with Crippen molar-refractivity contribution in [3.05, 3.63) is 11.4 Å². The normalized spacial score (nSPS) is 14.6. The minimum absolute atomic E-state index is 0.291. The summed E-state index contributed by atoms with van der Waals surface area (Å²) in [6.07, 6.45) is 6.55. The molecule has 5 heteroatoms. The zero-order valence-corrected chi connectivity index (χ0v) is 11.7. The van der Waals surface area contributed by atoms with E-state index in [1.807, 2.05) is 6.92 Å². The van der Waals surface area contributed by atoms with E-state index >= 15 is 0 Å². The number of nitrogens with zero attached hydrogens (tertiary/aromatic N) is 2. The Labute approximate surface area is 114 Å². The Bertz CT molecular complexity index is 418. The molecule has 0 saturated heterocycles. The van der Waals surface area contributed by atoms with Gasteiger partial charge in [0.05, 0.1) is 0 Å². The smallest absolute Gasteiger partial charge is 0.136 e. The molecule has 1 heterocycles. The number of unbranched alkanes of at least 4 members (excludes halogenated alkanes) is 3. The molecule has 0 atom stereocenters. The second-order valence-corrected chi connectivity index (χ2v) is 5.28. The molecule has 1 aliphatic rings. The van der Waals surface area contributed by atoms with Crippen LogP contribution in [-0.2, 0) is 0 Å². The minimum atomic E-state index is 0.291. The molecule has 1 fully saturated rings. The standard InChI is InChI=1S/C14H24N4O/c1-10-12(15)17-14(11-6-7-11)18-13(10)16-8-4-2-3-5-9-19/h11,19H,2-9H2,1H3,(H3,15,16,17,18). The van der Waals surface area contributed by atoms with Crippen molar-refractivity contribution in [1.82, 2.24) is 9.97 Å². The number of nitrogens with two attached hydrogens (primary N) is 1. The first kappa shape index (κ1) is 14.1. The van der Waals surface area contributed by atoms with Crippen LogP contribution in [0, 0.1) is 6.92 Å². The average Bonchev–Trinajstić information content (AvgIpc) is 3.22. The van der Waals surface area contributed by atoms with E-state index in [1.54, 1.807) is 0 Å². The van der Waals surface area contributed by atoms with Gasteiger partial charge in [-0.05, 0) is 32.6 Å². The van der Waals surface area contributed by atoms with Crippen molar-refractivity contribution in [2.24, 2.45) is 0 Å². The fourth-order valence-electron chi connectivity index (χ4n) is 2.05. The first-order chi connectivity index (χ1) is 9.22. The fourth-order valence-corrected chi connectivity index (χ4v) is 2.05. The largest absolute Gasteiger partial charge is 0.396 e. The van der Waals surface area contributed by atoms with Gasteiger partial charge in [0.25, 0.3) is 0 Å². The second-order valence-electron chi connectivity index (χ2n) is 5.28. The van der Waals surface area contributed by atoms with Crippen LogP contribution >= 0.6 is 0 Å². The Kier molecular flexibility index (Phi) is 4.96. The lowest BCUT2D eigenvalue weighted by atomic mass is 10.2. The Balaban J connectivity index is 1.84. The summed E-state index contributed by atoms with van der Waals surface area (Å²) in [5.74, 6) is 2.90. The first-order valence-electron chi connectivity index (χ1n) is 7.21. The number of hydrogen-bond acceptors (Lipinski definition) is 5. The van der Waals surface area contributed by atoms with Crippen LogP contribution in [0.1, 0.15) is 55.8 Å². The van der Waals surface area contributed by atoms with Crippen LogP contribution in [0.5, 0.6) is 0 Å². The highest BCUT2D eigenvalue weighted by Crippen LogP contribution is 2.39. The van der Waals surface area contributed by atoms with Crippen LogP contribution in [0.15, 0.2) is 0 Å². The lowest BCUT2D eigenvalue weighted by molar-refractivity contribution is 0.283. The Morgan fingerprint density at radius 1 is 1.21 bits per heavy atom. The quantitative estimate of drug-likeness (QED) is 0.627. The van der Waals surface area contributed by atoms with Gasteiger partial charge in [-0.3, -0.25) is 0 Å². The van der Waals surface area contributed by atoms with Crippen molar-refractivity contribution in [2.75, 3.05) is 24.2 Å². The second kappa shape index (κ2) is 6.70. The first-order valence-corrected chi connectivity index (χ1v) is 7.21. The van der Waals surface area contributed by atoms with E-state index < -0.39 is 0 Å². The summed E-state index contributed by atoms with van der Waals surface area (Å²) < 4.78 is 0. The predicted octanol–water partition coefficient (Wildman–Crippen LogP) is 2.21. The third kappa shape index (κ3) is 4.06. The van der Waals surface area contributed by atoms with E-state index in [-0.39, 0.29) is 0 Å². The van der Waals surface area contributed by atoms with E-state index in [2.05, 4.69) is 15.3 Å². The maximum atomic E-state index is 8.71. The van der Waals surface area contributed by atoms with Gasteiger partial charge in [-0.2, -0.15) is 0 Å². The van der Waals surface area contributed by atoms with Crippen molar-refractivity contribution in [2.45, 2.75) is 51.4 Å². The average molecular weight is 264 g/mol. The number of hydrogen-bond donors (Lipinski definition) is 3. The van der Waals surface area contributed by atoms with Crippen LogP contribution in [0.25, 0.3) is 0 Å². The summed E-state index contributed by atoms with van der Waals surface area (Å²) in [6, 6.07) is 0. The third-order valence-corrected chi connectivity index (χ3v) is 3.52. The van der Waals surface area contributed by atoms with Crippen molar-refractivity contribution in [1.29, 1.82) is 0 Å². The van der Waals surface area contributed by atoms with Gasteiger partial charge in [-0.15, -0.1) is 0 Å². The molecule has 0 unspecified atom stereocenters. The lowest BCUT2D eigenvalue weighted by Crippen LogP contribution is -2.10. The molecule has 19 heavy (non-hydrogen) atoms. The molecule has 106 valence electrons. The maximum Gasteiger partial charge on any atom is 0.136 e. The molecule has 0 bridgehead atoms. The molecule has 1 aliphatic carbocycles. The van der Waals surface area contributed by atoms with Gasteiger partial charge in [-0.25, -0.2) is 9.97 Å². The molecule has 1 aromatic heterocycles. The van der Waals surface area contributed by atoms with Crippen LogP contribution in [0.2, 0.25) is 0 Å². The molecule has 0 radical (unpaired) electrons. The summed E-state index contributed by atoms with van der Waals surface area (Å²) in [5.41, 5.74) is 6.88. The summed E-state index contributed by atoms with van der Waals surface area (Å²) >= 11 is 0. The number of anilines is 2. The number of rotatable bonds is 8. The summed E-state index contributed by atoms with van der Waals surface area (Å²) in [7, 11) is 0. The molecule has 1 aromatic rings. The van der Waals surface area contributed by atoms with Crippen LogP contribution in [0.3, 0.4) is 0 Å². The zero-order valence-electron chi connectivity index (χ0n) is 11.7. The van der Waals surface area contributed by atoms with E-state index in [0.717, 1.165) is 49.4 Å². The number of aliphatic hydroxyl groups is 1. The molecule has 0 amide bonds. The van der Waals surface area contributed by atoms with Gasteiger partial charge in [-0.1, -0.05) is 12.8 Å². The van der Waals surface area contributed by atoms with Crippen LogP contribution < -0.4 is 11.1 Å². The summed E-state index contributed by atoms with van der Waals surface area (Å²) in [6.45, 7) is 3.15. The molecule has 5 nitrogen and oxygen atoms in total. The number of aromatic nitrogens is 2. The lowest BCUT2D eigenvalue weighted by Gasteiger charge is -2.11. The van der Waals surface area contributed by atoms with E-state index in [4.69, 9.17) is 10.8 Å². The number of aliphatic hydroxyl groups excluding tert-OH is 1. The number of nitrogen functional groups attached to an aromatic ring is 1. The Hall–Kier alpha value is -1.36. The van der Waals surface area contributed by atoms with Crippen molar-refractivity contribution in [3.8, 4) is 0 Å². The highest BCUT2D eigenvalue weighted by molar-refractivity contribution is 5.55. The van der Waals surface area contributed by atoms with Crippen LogP contribution in [-0.4, -0.2) is 28.2 Å². The highest BCUT2D eigenvalue weighted by atomic mass is 16.2. The molecule has 4 N–H and O–H groups in total. The third-order valence-electron chi connectivity index (χ3n) is 3.52. The highest BCUT2D eigenvalue weighted by Gasteiger charge is 2.27. The molecule has 0 aliphatic heterocycles. The van der Waals surface area contributed by atoms with Gasteiger partial charge < -0.3 is 16.2 Å². The van der Waals surface area contributed by atoms with Gasteiger partial charge in [0, 0.05) is 24.6 Å². The maximum absolute atomic E-state index is 8.71. The van der Waals surface area contributed by atoms with Gasteiger partial charge >= 0.3 is 0 Å². The molecule has 0 aromatic carbocycles. The Morgan fingerprint density at radius 3 is 2.63 bits per heavy atom. The molecular weight excluding hydrogens is 240 g/mol. The van der Waals surface area contributed by atoms with E-state index in [9.17, 15) is 0 Å². The summed E-state index contributed by atoms with van der Waals surface area (Å²) in [5, 5.41) is 12.1. The monoisotopic (exact) mass is 264 g/mol. The van der Waals surface area contributed by atoms with Gasteiger partial charge in [0.15, 0.2) is 0 Å².